The quantitative estimate of drug-likeness (QED) is 0.304. The first-order valence-electron chi connectivity index (χ1n) is 8.60. The highest BCUT2D eigenvalue weighted by Crippen LogP contribution is 2.34. The summed E-state index contributed by atoms with van der Waals surface area (Å²) in [6.45, 7) is 4.75. The van der Waals surface area contributed by atoms with Crippen molar-refractivity contribution in [3.05, 3.63) is 68.1 Å². The Hall–Kier alpha value is -2.09. The minimum Gasteiger partial charge on any atom is -0.490 e. The minimum absolute atomic E-state index is 0.352. The third-order valence-corrected chi connectivity index (χ3v) is 5.61. The Morgan fingerprint density at radius 2 is 2.04 bits per heavy atom. The minimum atomic E-state index is 0.352. The molecule has 146 valence electrons. The smallest absolute Gasteiger partial charge is 0.203 e. The van der Waals surface area contributed by atoms with Gasteiger partial charge in [0, 0.05) is 26.0 Å². The fourth-order valence-electron chi connectivity index (χ4n) is 2.36. The van der Waals surface area contributed by atoms with Gasteiger partial charge in [-0.15, -0.1) is 11.3 Å². The molecule has 2 aromatic carbocycles. The van der Waals surface area contributed by atoms with Gasteiger partial charge in [0.2, 0.25) is 5.13 Å². The molecule has 0 unspecified atom stereocenters. The molecule has 28 heavy (non-hydrogen) atoms. The Balaban J connectivity index is 1.76. The molecule has 0 fully saturated rings. The summed E-state index contributed by atoms with van der Waals surface area (Å²) < 4.78 is 12.5. The highest BCUT2D eigenvalue weighted by Gasteiger charge is 2.11. The van der Waals surface area contributed by atoms with Crippen LogP contribution in [0.3, 0.4) is 0 Å². The van der Waals surface area contributed by atoms with E-state index in [-0.39, 0.29) is 0 Å². The highest BCUT2D eigenvalue weighted by atomic mass is 79.9. The maximum Gasteiger partial charge on any atom is 0.203 e. The number of benzene rings is 2. The number of nitrogens with one attached hydrogen (secondary N) is 1. The summed E-state index contributed by atoms with van der Waals surface area (Å²) >= 11 is 11.3. The molecule has 0 saturated heterocycles. The lowest BCUT2D eigenvalue weighted by atomic mass is 10.2. The van der Waals surface area contributed by atoms with Gasteiger partial charge in [0.05, 0.1) is 18.5 Å². The van der Waals surface area contributed by atoms with E-state index in [0.29, 0.717) is 29.7 Å². The molecule has 0 spiro atoms. The van der Waals surface area contributed by atoms with Crippen LogP contribution >= 0.6 is 38.9 Å². The highest BCUT2D eigenvalue weighted by molar-refractivity contribution is 9.10. The van der Waals surface area contributed by atoms with Crippen LogP contribution in [0, 0.1) is 6.92 Å². The van der Waals surface area contributed by atoms with E-state index >= 15 is 0 Å². The molecule has 8 heteroatoms. The molecule has 0 saturated carbocycles. The van der Waals surface area contributed by atoms with Gasteiger partial charge in [0.15, 0.2) is 11.5 Å². The molecule has 0 bridgehead atoms. The van der Waals surface area contributed by atoms with Crippen molar-refractivity contribution in [1.29, 1.82) is 0 Å². The topological polar surface area (TPSA) is 55.7 Å². The zero-order chi connectivity index (χ0) is 19.9. The number of ether oxygens (including phenoxy) is 2. The number of halogens is 2. The molecule has 3 aromatic rings. The standard InChI is InChI=1S/C20H19BrClN3O2S/c1-3-26-18-8-15(10-23-25-20-24-13(2)12-28-20)16(21)9-19(18)27-11-14-6-4-5-7-17(14)22/h4-10,12H,3,11H2,1-2H3,(H,24,25). The van der Waals surface area contributed by atoms with Crippen LogP contribution in [0.5, 0.6) is 11.5 Å². The summed E-state index contributed by atoms with van der Waals surface area (Å²) in [4.78, 5) is 4.31. The monoisotopic (exact) mass is 479 g/mol. The van der Waals surface area contributed by atoms with Crippen molar-refractivity contribution in [1.82, 2.24) is 4.98 Å². The second kappa shape index (κ2) is 9.91. The zero-order valence-corrected chi connectivity index (χ0v) is 18.6. The summed E-state index contributed by atoms with van der Waals surface area (Å²) in [5.74, 6) is 1.28. The van der Waals surface area contributed by atoms with Gasteiger partial charge in [-0.1, -0.05) is 29.8 Å². The SMILES string of the molecule is CCOc1cc(C=NNc2nc(C)cs2)c(Br)cc1OCc1ccccc1Cl. The van der Waals surface area contributed by atoms with E-state index < -0.39 is 0 Å². The average Bonchev–Trinajstić information content (AvgIpc) is 3.09. The van der Waals surface area contributed by atoms with Crippen LogP contribution in [-0.4, -0.2) is 17.8 Å². The zero-order valence-electron chi connectivity index (χ0n) is 15.4. The second-order valence-corrected chi connectivity index (χ2v) is 7.92. The van der Waals surface area contributed by atoms with E-state index in [0.717, 1.165) is 26.4 Å². The lowest BCUT2D eigenvalue weighted by Crippen LogP contribution is -2.02. The summed E-state index contributed by atoms with van der Waals surface area (Å²) in [6.07, 6.45) is 1.71. The Morgan fingerprint density at radius 3 is 2.75 bits per heavy atom. The number of aryl methyl sites for hydroxylation is 1. The Morgan fingerprint density at radius 1 is 1.25 bits per heavy atom. The number of aromatic nitrogens is 1. The summed E-state index contributed by atoms with van der Waals surface area (Å²) in [7, 11) is 0. The summed E-state index contributed by atoms with van der Waals surface area (Å²) in [5, 5.41) is 7.63. The molecule has 3 rings (SSSR count). The van der Waals surface area contributed by atoms with Crippen LogP contribution in [0.25, 0.3) is 0 Å². The first-order valence-corrected chi connectivity index (χ1v) is 10.7. The van der Waals surface area contributed by atoms with Gasteiger partial charge in [0.1, 0.15) is 6.61 Å². The average molecular weight is 481 g/mol. The molecule has 1 N–H and O–H groups in total. The van der Waals surface area contributed by atoms with Crippen LogP contribution in [-0.2, 0) is 6.61 Å². The van der Waals surface area contributed by atoms with Gasteiger partial charge >= 0.3 is 0 Å². The largest absolute Gasteiger partial charge is 0.490 e. The molecule has 0 aliphatic heterocycles. The van der Waals surface area contributed by atoms with Crippen LogP contribution in [0.4, 0.5) is 5.13 Å². The lowest BCUT2D eigenvalue weighted by Gasteiger charge is -2.14. The van der Waals surface area contributed by atoms with Crippen molar-refractivity contribution in [2.75, 3.05) is 12.0 Å². The fourth-order valence-corrected chi connectivity index (χ4v) is 3.62. The fraction of sp³-hybridized carbons (Fsp3) is 0.200. The summed E-state index contributed by atoms with van der Waals surface area (Å²) in [5.41, 5.74) is 5.66. The third-order valence-electron chi connectivity index (χ3n) is 3.69. The van der Waals surface area contributed by atoms with Gasteiger partial charge < -0.3 is 9.47 Å². The summed E-state index contributed by atoms with van der Waals surface area (Å²) in [6, 6.07) is 11.4. The van der Waals surface area contributed by atoms with E-state index in [2.05, 4.69) is 31.4 Å². The van der Waals surface area contributed by atoms with E-state index in [1.54, 1.807) is 6.21 Å². The van der Waals surface area contributed by atoms with E-state index in [9.17, 15) is 0 Å². The normalized spacial score (nSPS) is 11.0. The van der Waals surface area contributed by atoms with Crippen molar-refractivity contribution in [2.24, 2.45) is 5.10 Å². The number of rotatable bonds is 8. The van der Waals surface area contributed by atoms with Crippen molar-refractivity contribution < 1.29 is 9.47 Å². The van der Waals surface area contributed by atoms with Gasteiger partial charge in [-0.05, 0) is 48.0 Å². The van der Waals surface area contributed by atoms with Gasteiger partial charge in [-0.25, -0.2) is 4.98 Å². The molecule has 5 nitrogen and oxygen atoms in total. The van der Waals surface area contributed by atoms with Crippen molar-refractivity contribution in [3.63, 3.8) is 0 Å². The Bertz CT molecular complexity index is 978. The molecular formula is C20H19BrClN3O2S. The van der Waals surface area contributed by atoms with Gasteiger partial charge in [-0.3, -0.25) is 5.43 Å². The van der Waals surface area contributed by atoms with Crippen molar-refractivity contribution in [2.45, 2.75) is 20.5 Å². The molecule has 0 aliphatic rings. The van der Waals surface area contributed by atoms with E-state index in [4.69, 9.17) is 21.1 Å². The van der Waals surface area contributed by atoms with Crippen LogP contribution in [0.15, 0.2) is 51.4 Å². The molecule has 0 amide bonds. The maximum atomic E-state index is 6.21. The number of hydrogen-bond donors (Lipinski definition) is 1. The van der Waals surface area contributed by atoms with Crippen LogP contribution < -0.4 is 14.9 Å². The predicted octanol–water partition coefficient (Wildman–Crippen LogP) is 6.29. The van der Waals surface area contributed by atoms with Crippen LogP contribution in [0.2, 0.25) is 5.02 Å². The van der Waals surface area contributed by atoms with Gasteiger partial charge in [-0.2, -0.15) is 5.10 Å². The first kappa shape index (κ1) is 20.6. The number of hydrazone groups is 1. The number of thiazole rings is 1. The Labute approximate surface area is 181 Å². The molecule has 0 aliphatic carbocycles. The van der Waals surface area contributed by atoms with Crippen molar-refractivity contribution in [3.8, 4) is 11.5 Å². The number of hydrogen-bond acceptors (Lipinski definition) is 6. The Kier molecular flexibility index (Phi) is 7.30. The maximum absolute atomic E-state index is 6.21. The third kappa shape index (κ3) is 5.47. The molecule has 1 aromatic heterocycles. The number of anilines is 1. The molecule has 0 radical (unpaired) electrons. The number of nitrogens with zero attached hydrogens (tertiary/aromatic N) is 2. The van der Waals surface area contributed by atoms with E-state index in [1.807, 2.05) is 55.6 Å². The molecule has 0 atom stereocenters. The van der Waals surface area contributed by atoms with Crippen LogP contribution in [0.1, 0.15) is 23.7 Å². The van der Waals surface area contributed by atoms with Gasteiger partial charge in [0.25, 0.3) is 0 Å². The van der Waals surface area contributed by atoms with Crippen molar-refractivity contribution >= 4 is 50.2 Å². The predicted molar refractivity (Wildman–Crippen MR) is 119 cm³/mol. The second-order valence-electron chi connectivity index (χ2n) is 5.80. The molecule has 1 heterocycles. The lowest BCUT2D eigenvalue weighted by molar-refractivity contribution is 0.269. The first-order chi connectivity index (χ1) is 13.6. The molecular weight excluding hydrogens is 462 g/mol. The van der Waals surface area contributed by atoms with E-state index in [1.165, 1.54) is 11.3 Å².